The predicted molar refractivity (Wildman–Crippen MR) is 146 cm³/mol. The van der Waals surface area contributed by atoms with Crippen LogP contribution in [0.2, 0.25) is 0 Å². The molecule has 0 aliphatic heterocycles. The second kappa shape index (κ2) is 21.9. The molecule has 0 aliphatic rings. The number of hydrogen-bond donors (Lipinski definition) is 4. The highest BCUT2D eigenvalue weighted by atomic mass is 16.5. The topological polar surface area (TPSA) is 149 Å². The Kier molecular flexibility index (Phi) is 20.5. The largest absolute Gasteiger partial charge is 0.467 e. The molecule has 0 aliphatic carbocycles. The van der Waals surface area contributed by atoms with Gasteiger partial charge in [-0.1, -0.05) is 85.0 Å². The average molecular weight is 512 g/mol. The van der Waals surface area contributed by atoms with Crippen molar-refractivity contribution < 1.29 is 19.1 Å². The van der Waals surface area contributed by atoms with E-state index >= 15 is 0 Å². The van der Waals surface area contributed by atoms with E-state index in [0.29, 0.717) is 32.2 Å². The number of guanidine groups is 1. The van der Waals surface area contributed by atoms with Crippen molar-refractivity contribution in [2.45, 2.75) is 129 Å². The summed E-state index contributed by atoms with van der Waals surface area (Å²) < 4.78 is 4.83. The molecular formula is C27H53N5O4. The highest BCUT2D eigenvalue weighted by molar-refractivity contribution is 5.90. The lowest BCUT2D eigenvalue weighted by Crippen LogP contribution is -2.52. The molecule has 0 bridgehead atoms. The van der Waals surface area contributed by atoms with E-state index in [4.69, 9.17) is 16.2 Å². The quantitative estimate of drug-likeness (QED) is 0.0749. The van der Waals surface area contributed by atoms with Crippen LogP contribution < -0.4 is 22.1 Å². The fourth-order valence-corrected chi connectivity index (χ4v) is 4.09. The van der Waals surface area contributed by atoms with Gasteiger partial charge in [0.05, 0.1) is 7.11 Å². The van der Waals surface area contributed by atoms with Crippen LogP contribution in [0.1, 0.15) is 117 Å². The van der Waals surface area contributed by atoms with Crippen molar-refractivity contribution in [3.63, 3.8) is 0 Å². The number of esters is 1. The molecule has 0 fully saturated rings. The third kappa shape index (κ3) is 18.9. The molecule has 0 rings (SSSR count). The van der Waals surface area contributed by atoms with Crippen molar-refractivity contribution in [1.29, 1.82) is 0 Å². The number of unbranched alkanes of at least 4 members (excludes halogenated alkanes) is 10. The zero-order chi connectivity index (χ0) is 27.2. The van der Waals surface area contributed by atoms with Gasteiger partial charge in [0.1, 0.15) is 12.1 Å². The molecule has 0 aromatic rings. The van der Waals surface area contributed by atoms with E-state index in [1.54, 1.807) is 0 Å². The lowest BCUT2D eigenvalue weighted by atomic mass is 10.0. The van der Waals surface area contributed by atoms with Crippen LogP contribution in [0, 0.1) is 5.92 Å². The van der Waals surface area contributed by atoms with Gasteiger partial charge in [0.15, 0.2) is 5.96 Å². The van der Waals surface area contributed by atoms with Gasteiger partial charge in [-0.25, -0.2) is 4.79 Å². The van der Waals surface area contributed by atoms with Gasteiger partial charge in [-0.2, -0.15) is 0 Å². The minimum absolute atomic E-state index is 0.0221. The average Bonchev–Trinajstić information content (AvgIpc) is 2.82. The Bertz CT molecular complexity index is 636. The zero-order valence-electron chi connectivity index (χ0n) is 23.3. The van der Waals surface area contributed by atoms with E-state index in [-0.39, 0.29) is 23.7 Å². The zero-order valence-corrected chi connectivity index (χ0v) is 23.3. The number of nitrogens with two attached hydrogens (primary N) is 2. The van der Waals surface area contributed by atoms with E-state index in [2.05, 4.69) is 22.5 Å². The fraction of sp³-hybridized carbons (Fsp3) is 0.852. The van der Waals surface area contributed by atoms with Gasteiger partial charge in [-0.15, -0.1) is 0 Å². The molecule has 0 radical (unpaired) electrons. The summed E-state index contributed by atoms with van der Waals surface area (Å²) in [5.41, 5.74) is 10.6. The number of carbonyl (C=O) groups is 3. The van der Waals surface area contributed by atoms with Crippen molar-refractivity contribution in [3.05, 3.63) is 0 Å². The van der Waals surface area contributed by atoms with E-state index in [0.717, 1.165) is 19.3 Å². The maximum Gasteiger partial charge on any atom is 0.328 e. The lowest BCUT2D eigenvalue weighted by Gasteiger charge is -2.23. The summed E-state index contributed by atoms with van der Waals surface area (Å²) in [6.07, 6.45) is 15.1. The molecule has 9 nitrogen and oxygen atoms in total. The van der Waals surface area contributed by atoms with Gasteiger partial charge in [0.25, 0.3) is 0 Å². The lowest BCUT2D eigenvalue weighted by molar-refractivity contribution is -0.145. The second-order valence-electron chi connectivity index (χ2n) is 10.1. The van der Waals surface area contributed by atoms with Crippen LogP contribution in [0.3, 0.4) is 0 Å². The van der Waals surface area contributed by atoms with Gasteiger partial charge in [0.2, 0.25) is 11.8 Å². The number of nitrogens with zero attached hydrogens (tertiary/aromatic N) is 1. The van der Waals surface area contributed by atoms with Crippen molar-refractivity contribution in [3.8, 4) is 0 Å². The van der Waals surface area contributed by atoms with Crippen molar-refractivity contribution in [2.75, 3.05) is 13.7 Å². The molecule has 0 heterocycles. The molecule has 2 atom stereocenters. The highest BCUT2D eigenvalue weighted by Crippen LogP contribution is 2.12. The van der Waals surface area contributed by atoms with Crippen molar-refractivity contribution >= 4 is 23.7 Å². The van der Waals surface area contributed by atoms with Crippen LogP contribution in [0.25, 0.3) is 0 Å². The minimum Gasteiger partial charge on any atom is -0.467 e. The van der Waals surface area contributed by atoms with Crippen LogP contribution in [-0.4, -0.2) is 49.5 Å². The van der Waals surface area contributed by atoms with E-state index in [9.17, 15) is 14.4 Å². The maximum atomic E-state index is 12.9. The summed E-state index contributed by atoms with van der Waals surface area (Å²) in [5, 5.41) is 5.61. The normalized spacial score (nSPS) is 12.6. The Morgan fingerprint density at radius 3 is 1.86 bits per heavy atom. The molecule has 2 amide bonds. The first kappa shape index (κ1) is 33.7. The Morgan fingerprint density at radius 1 is 0.806 bits per heavy atom. The molecule has 0 saturated heterocycles. The van der Waals surface area contributed by atoms with Crippen LogP contribution in [0.5, 0.6) is 0 Å². The summed E-state index contributed by atoms with van der Waals surface area (Å²) in [6.45, 7) is 6.56. The van der Waals surface area contributed by atoms with Gasteiger partial charge in [0, 0.05) is 13.0 Å². The molecule has 6 N–H and O–H groups in total. The van der Waals surface area contributed by atoms with E-state index in [1.807, 2.05) is 13.8 Å². The number of hydrogen-bond acceptors (Lipinski definition) is 5. The van der Waals surface area contributed by atoms with Gasteiger partial charge in [-0.05, 0) is 31.6 Å². The first-order valence-electron chi connectivity index (χ1n) is 13.9. The summed E-state index contributed by atoms with van der Waals surface area (Å²) in [7, 11) is 1.28. The molecule has 0 saturated carbocycles. The Hall–Kier alpha value is -2.32. The smallest absolute Gasteiger partial charge is 0.328 e. The van der Waals surface area contributed by atoms with Gasteiger partial charge < -0.3 is 26.8 Å². The Morgan fingerprint density at radius 2 is 1.36 bits per heavy atom. The summed E-state index contributed by atoms with van der Waals surface area (Å²) in [6, 6.07) is -1.52. The van der Waals surface area contributed by atoms with Gasteiger partial charge in [-0.3, -0.25) is 14.6 Å². The van der Waals surface area contributed by atoms with Crippen molar-refractivity contribution in [2.24, 2.45) is 22.4 Å². The monoisotopic (exact) mass is 511 g/mol. The van der Waals surface area contributed by atoms with E-state index in [1.165, 1.54) is 58.5 Å². The Balaban J connectivity index is 4.47. The highest BCUT2D eigenvalue weighted by Gasteiger charge is 2.27. The number of amides is 2. The van der Waals surface area contributed by atoms with Gasteiger partial charge >= 0.3 is 5.97 Å². The van der Waals surface area contributed by atoms with Crippen LogP contribution in [0.4, 0.5) is 0 Å². The first-order valence-corrected chi connectivity index (χ1v) is 13.9. The maximum absolute atomic E-state index is 12.9. The van der Waals surface area contributed by atoms with Crippen LogP contribution in [-0.2, 0) is 19.1 Å². The predicted octanol–water partition coefficient (Wildman–Crippen LogP) is 3.93. The number of ether oxygens (including phenoxy) is 1. The molecule has 36 heavy (non-hydrogen) atoms. The van der Waals surface area contributed by atoms with Crippen LogP contribution in [0.15, 0.2) is 4.99 Å². The number of rotatable bonds is 22. The number of methoxy groups -OCH3 is 1. The molecule has 9 heteroatoms. The summed E-state index contributed by atoms with van der Waals surface area (Å²) in [5.74, 6) is -0.876. The third-order valence-electron chi connectivity index (χ3n) is 6.11. The number of aliphatic imine (C=N–C) groups is 1. The molecule has 0 aromatic heterocycles. The van der Waals surface area contributed by atoms with Crippen molar-refractivity contribution in [1.82, 2.24) is 10.6 Å². The molecule has 0 unspecified atom stereocenters. The third-order valence-corrected chi connectivity index (χ3v) is 6.11. The SMILES string of the molecule is CCCCCCCCCCCCCC(=O)N[C@@H](CC(C)C)C(=O)N[C@@H](CCCN=C(N)N)C(=O)OC. The molecule has 210 valence electrons. The summed E-state index contributed by atoms with van der Waals surface area (Å²) in [4.78, 5) is 41.5. The second-order valence-corrected chi connectivity index (χ2v) is 10.1. The standard InChI is InChI=1S/C27H53N5O4/c1-5-6-7-8-9-10-11-12-13-14-15-18-24(33)31-23(20-21(2)3)25(34)32-22(26(35)36-4)17-16-19-30-27(28)29/h21-23H,5-20H2,1-4H3,(H,31,33)(H,32,34)(H4,28,29,30)/t22-,23-/m0/s1. The molecule has 0 aromatic carbocycles. The number of carbonyl (C=O) groups excluding carboxylic acids is 3. The van der Waals surface area contributed by atoms with Crippen LogP contribution >= 0.6 is 0 Å². The Labute approximate surface area is 219 Å². The summed E-state index contributed by atoms with van der Waals surface area (Å²) >= 11 is 0. The molecule has 0 spiro atoms. The minimum atomic E-state index is -0.824. The first-order chi connectivity index (χ1) is 17.2. The fourth-order valence-electron chi connectivity index (χ4n) is 4.09. The number of nitrogens with one attached hydrogen (secondary N) is 2. The van der Waals surface area contributed by atoms with E-state index < -0.39 is 18.1 Å². The molecular weight excluding hydrogens is 458 g/mol.